The Morgan fingerprint density at radius 2 is 2.47 bits per heavy atom. The van der Waals surface area contributed by atoms with E-state index in [2.05, 4.69) is 15.6 Å². The first-order valence-electron chi connectivity index (χ1n) is 4.91. The van der Waals surface area contributed by atoms with Crippen LogP contribution in [0, 0.1) is 0 Å². The molecule has 2 heterocycles. The fraction of sp³-hybridized carbons (Fsp3) is 0.400. The Bertz CT molecular complexity index is 369. The van der Waals surface area contributed by atoms with Crippen LogP contribution in [-0.4, -0.2) is 23.5 Å². The Morgan fingerprint density at radius 3 is 3.20 bits per heavy atom. The minimum Gasteiger partial charge on any atom is -0.372 e. The molecule has 5 heteroatoms. The molecule has 1 atom stereocenters. The second kappa shape index (κ2) is 4.49. The number of anilines is 1. The van der Waals surface area contributed by atoms with Crippen molar-refractivity contribution in [1.29, 1.82) is 0 Å². The van der Waals surface area contributed by atoms with Crippen LogP contribution < -0.4 is 10.6 Å². The van der Waals surface area contributed by atoms with Crippen LogP contribution in [-0.2, 0) is 4.79 Å². The number of amides is 1. The van der Waals surface area contributed by atoms with Gasteiger partial charge in [-0.15, -0.1) is 0 Å². The van der Waals surface area contributed by atoms with Crippen molar-refractivity contribution in [3.05, 3.63) is 23.5 Å². The lowest BCUT2D eigenvalue weighted by Gasteiger charge is -2.23. The summed E-state index contributed by atoms with van der Waals surface area (Å²) in [5.41, 5.74) is 0.758. The van der Waals surface area contributed by atoms with Crippen molar-refractivity contribution in [2.45, 2.75) is 18.9 Å². The van der Waals surface area contributed by atoms with Crippen molar-refractivity contribution in [2.75, 3.05) is 11.9 Å². The quantitative estimate of drug-likeness (QED) is 0.801. The van der Waals surface area contributed by atoms with Crippen LogP contribution in [0.5, 0.6) is 0 Å². The molecule has 1 aromatic heterocycles. The van der Waals surface area contributed by atoms with Gasteiger partial charge in [-0.05, 0) is 18.9 Å². The predicted octanol–water partition coefficient (Wildman–Crippen LogP) is 1.43. The smallest absolute Gasteiger partial charge is 0.242 e. The van der Waals surface area contributed by atoms with E-state index in [1.54, 1.807) is 18.5 Å². The fourth-order valence-corrected chi connectivity index (χ4v) is 1.76. The van der Waals surface area contributed by atoms with Gasteiger partial charge in [-0.2, -0.15) is 0 Å². The molecule has 15 heavy (non-hydrogen) atoms. The molecule has 1 aromatic rings. The number of halogens is 1. The number of hydrogen-bond donors (Lipinski definition) is 2. The number of hydrogen-bond acceptors (Lipinski definition) is 3. The van der Waals surface area contributed by atoms with Gasteiger partial charge in [0.1, 0.15) is 6.04 Å². The zero-order valence-electron chi connectivity index (χ0n) is 8.16. The molecule has 1 unspecified atom stereocenters. The Hall–Kier alpha value is -1.29. The summed E-state index contributed by atoms with van der Waals surface area (Å²) in [6.07, 6.45) is 5.04. The number of carbonyl (C=O) groups excluding carboxylic acids is 1. The largest absolute Gasteiger partial charge is 0.372 e. The summed E-state index contributed by atoms with van der Waals surface area (Å²) >= 11 is 5.93. The number of nitrogens with one attached hydrogen (secondary N) is 2. The van der Waals surface area contributed by atoms with Crippen molar-refractivity contribution in [2.24, 2.45) is 0 Å². The molecule has 0 saturated carbocycles. The van der Waals surface area contributed by atoms with E-state index in [4.69, 9.17) is 11.6 Å². The van der Waals surface area contributed by atoms with Crippen molar-refractivity contribution < 1.29 is 4.79 Å². The first kappa shape index (κ1) is 10.2. The molecular weight excluding hydrogens is 214 g/mol. The van der Waals surface area contributed by atoms with E-state index >= 15 is 0 Å². The summed E-state index contributed by atoms with van der Waals surface area (Å²) in [5, 5.41) is 6.46. The van der Waals surface area contributed by atoms with Crippen molar-refractivity contribution in [3.8, 4) is 0 Å². The summed E-state index contributed by atoms with van der Waals surface area (Å²) < 4.78 is 0. The Kier molecular flexibility index (Phi) is 3.06. The first-order valence-corrected chi connectivity index (χ1v) is 5.29. The van der Waals surface area contributed by atoms with Crippen LogP contribution in [0.3, 0.4) is 0 Å². The van der Waals surface area contributed by atoms with Gasteiger partial charge in [0.2, 0.25) is 5.91 Å². The predicted molar refractivity (Wildman–Crippen MR) is 58.9 cm³/mol. The number of pyridine rings is 1. The second-order valence-corrected chi connectivity index (χ2v) is 3.89. The first-order chi connectivity index (χ1) is 7.27. The molecule has 1 saturated heterocycles. The third-order valence-electron chi connectivity index (χ3n) is 2.39. The van der Waals surface area contributed by atoms with E-state index in [0.717, 1.165) is 25.1 Å². The van der Waals surface area contributed by atoms with Gasteiger partial charge >= 0.3 is 0 Å². The maximum Gasteiger partial charge on any atom is 0.242 e. The van der Waals surface area contributed by atoms with E-state index in [0.29, 0.717) is 5.02 Å². The highest BCUT2D eigenvalue weighted by Gasteiger charge is 2.21. The van der Waals surface area contributed by atoms with Crippen LogP contribution in [0.2, 0.25) is 5.02 Å². The standard InChI is InChI=1S/C10H12ClN3O/c11-7-6-12-5-3-8(7)14-9-2-1-4-13-10(9)15/h3,5-6,9H,1-2,4H2,(H,12,14)(H,13,15). The molecule has 4 nitrogen and oxygen atoms in total. The van der Waals surface area contributed by atoms with Gasteiger partial charge in [0.05, 0.1) is 10.7 Å². The number of aromatic nitrogens is 1. The summed E-state index contributed by atoms with van der Waals surface area (Å²) in [6.45, 7) is 0.765. The molecule has 1 amide bonds. The molecule has 0 radical (unpaired) electrons. The lowest BCUT2D eigenvalue weighted by Crippen LogP contribution is -2.44. The van der Waals surface area contributed by atoms with E-state index < -0.39 is 0 Å². The van der Waals surface area contributed by atoms with Gasteiger partial charge in [-0.1, -0.05) is 11.6 Å². The highest BCUT2D eigenvalue weighted by Crippen LogP contribution is 2.21. The van der Waals surface area contributed by atoms with Crippen LogP contribution in [0.1, 0.15) is 12.8 Å². The lowest BCUT2D eigenvalue weighted by atomic mass is 10.1. The molecular formula is C10H12ClN3O. The van der Waals surface area contributed by atoms with Crippen molar-refractivity contribution in [1.82, 2.24) is 10.3 Å². The molecule has 0 bridgehead atoms. The zero-order chi connectivity index (χ0) is 10.7. The molecule has 2 rings (SSSR count). The average molecular weight is 226 g/mol. The normalized spacial score (nSPS) is 20.9. The SMILES string of the molecule is O=C1NCCCC1Nc1ccncc1Cl. The Labute approximate surface area is 93.0 Å². The Morgan fingerprint density at radius 1 is 1.60 bits per heavy atom. The van der Waals surface area contributed by atoms with Crippen molar-refractivity contribution in [3.63, 3.8) is 0 Å². The molecule has 2 N–H and O–H groups in total. The van der Waals surface area contributed by atoms with Crippen molar-refractivity contribution >= 4 is 23.2 Å². The van der Waals surface area contributed by atoms with Gasteiger partial charge < -0.3 is 10.6 Å². The molecule has 1 fully saturated rings. The monoisotopic (exact) mass is 225 g/mol. The second-order valence-electron chi connectivity index (χ2n) is 3.49. The van der Waals surface area contributed by atoms with E-state index in [-0.39, 0.29) is 11.9 Å². The minimum absolute atomic E-state index is 0.0362. The third kappa shape index (κ3) is 2.39. The summed E-state index contributed by atoms with van der Waals surface area (Å²) in [4.78, 5) is 15.4. The third-order valence-corrected chi connectivity index (χ3v) is 2.69. The highest BCUT2D eigenvalue weighted by molar-refractivity contribution is 6.33. The van der Waals surface area contributed by atoms with Gasteiger partial charge in [0.25, 0.3) is 0 Å². The Balaban J connectivity index is 2.08. The summed E-state index contributed by atoms with van der Waals surface area (Å²) in [7, 11) is 0. The average Bonchev–Trinajstić information content (AvgIpc) is 2.24. The number of piperidine rings is 1. The minimum atomic E-state index is -0.182. The summed E-state index contributed by atoms with van der Waals surface area (Å²) in [6, 6.07) is 1.59. The van der Waals surface area contributed by atoms with Gasteiger partial charge in [0, 0.05) is 18.9 Å². The van der Waals surface area contributed by atoms with E-state index in [9.17, 15) is 4.79 Å². The summed E-state index contributed by atoms with van der Waals surface area (Å²) in [5.74, 6) is 0.0362. The molecule has 1 aliphatic rings. The van der Waals surface area contributed by atoms with E-state index in [1.807, 2.05) is 0 Å². The number of rotatable bonds is 2. The zero-order valence-corrected chi connectivity index (χ0v) is 8.92. The molecule has 0 aliphatic carbocycles. The van der Waals surface area contributed by atoms with E-state index in [1.165, 1.54) is 0 Å². The molecule has 0 spiro atoms. The topological polar surface area (TPSA) is 54.0 Å². The maximum absolute atomic E-state index is 11.5. The van der Waals surface area contributed by atoms with Gasteiger partial charge in [0.15, 0.2) is 0 Å². The van der Waals surface area contributed by atoms with Crippen LogP contribution in [0.4, 0.5) is 5.69 Å². The van der Waals surface area contributed by atoms with Gasteiger partial charge in [-0.25, -0.2) is 0 Å². The highest BCUT2D eigenvalue weighted by atomic mass is 35.5. The number of carbonyl (C=O) groups is 1. The van der Waals surface area contributed by atoms with Crippen LogP contribution in [0.15, 0.2) is 18.5 Å². The van der Waals surface area contributed by atoms with Gasteiger partial charge in [-0.3, -0.25) is 9.78 Å². The fourth-order valence-electron chi connectivity index (χ4n) is 1.59. The molecule has 1 aliphatic heterocycles. The van der Waals surface area contributed by atoms with Crippen LogP contribution >= 0.6 is 11.6 Å². The van der Waals surface area contributed by atoms with Crippen LogP contribution in [0.25, 0.3) is 0 Å². The molecule has 0 aromatic carbocycles. The maximum atomic E-state index is 11.5. The molecule has 80 valence electrons. The lowest BCUT2D eigenvalue weighted by molar-refractivity contribution is -0.123. The number of nitrogens with zero attached hydrogens (tertiary/aromatic N) is 1.